The van der Waals surface area contributed by atoms with Crippen molar-refractivity contribution in [2.45, 2.75) is 19.4 Å². The SMILES string of the molecule is O=C1CCCN1NCc1nc2ccc(F)cc2s1. The molecule has 0 saturated carbocycles. The van der Waals surface area contributed by atoms with Crippen molar-refractivity contribution in [3.05, 3.63) is 29.0 Å². The number of benzene rings is 1. The lowest BCUT2D eigenvalue weighted by molar-refractivity contribution is -0.130. The van der Waals surface area contributed by atoms with Crippen molar-refractivity contribution in [3.8, 4) is 0 Å². The van der Waals surface area contributed by atoms with Crippen LogP contribution >= 0.6 is 11.3 Å². The van der Waals surface area contributed by atoms with Crippen molar-refractivity contribution in [1.29, 1.82) is 0 Å². The van der Waals surface area contributed by atoms with Gasteiger partial charge in [0.1, 0.15) is 10.8 Å². The molecule has 0 bridgehead atoms. The molecule has 2 aromatic rings. The summed E-state index contributed by atoms with van der Waals surface area (Å²) in [5.41, 5.74) is 3.86. The fourth-order valence-corrected chi connectivity index (χ4v) is 2.92. The van der Waals surface area contributed by atoms with Crippen molar-refractivity contribution in [1.82, 2.24) is 15.4 Å². The molecule has 3 rings (SSSR count). The van der Waals surface area contributed by atoms with Crippen molar-refractivity contribution in [3.63, 3.8) is 0 Å². The maximum absolute atomic E-state index is 13.0. The molecule has 1 amide bonds. The number of hydrogen-bond acceptors (Lipinski definition) is 4. The van der Waals surface area contributed by atoms with E-state index >= 15 is 0 Å². The molecule has 0 aliphatic carbocycles. The third-order valence-electron chi connectivity index (χ3n) is 2.89. The number of rotatable bonds is 3. The fourth-order valence-electron chi connectivity index (χ4n) is 2.00. The minimum atomic E-state index is -0.250. The number of hydrogen-bond donors (Lipinski definition) is 1. The Hall–Kier alpha value is -1.53. The highest BCUT2D eigenvalue weighted by Crippen LogP contribution is 2.23. The summed E-state index contributed by atoms with van der Waals surface area (Å²) in [7, 11) is 0. The van der Waals surface area contributed by atoms with Crippen molar-refractivity contribution >= 4 is 27.5 Å². The molecule has 0 atom stereocenters. The molecule has 94 valence electrons. The van der Waals surface area contributed by atoms with Gasteiger partial charge in [-0.25, -0.2) is 14.8 Å². The largest absolute Gasteiger partial charge is 0.278 e. The van der Waals surface area contributed by atoms with Crippen LogP contribution in [-0.2, 0) is 11.3 Å². The number of fused-ring (bicyclic) bond motifs is 1. The van der Waals surface area contributed by atoms with Gasteiger partial charge in [-0.2, -0.15) is 0 Å². The zero-order chi connectivity index (χ0) is 12.5. The van der Waals surface area contributed by atoms with Crippen LogP contribution in [0.15, 0.2) is 18.2 Å². The molecule has 0 unspecified atom stereocenters. The standard InChI is InChI=1S/C12H12FN3OS/c13-8-3-4-9-10(6-8)18-11(15-9)7-14-16-5-1-2-12(16)17/h3-4,6,14H,1-2,5,7H2. The summed E-state index contributed by atoms with van der Waals surface area (Å²) in [5.74, 6) is -0.123. The number of thiazole rings is 1. The Morgan fingerprint density at radius 2 is 2.39 bits per heavy atom. The fraction of sp³-hybridized carbons (Fsp3) is 0.333. The Labute approximate surface area is 107 Å². The number of hydrazine groups is 1. The van der Waals surface area contributed by atoms with Gasteiger partial charge in [0.15, 0.2) is 0 Å². The Morgan fingerprint density at radius 1 is 1.50 bits per heavy atom. The Balaban J connectivity index is 1.72. The molecule has 2 heterocycles. The second kappa shape index (κ2) is 4.62. The van der Waals surface area contributed by atoms with Crippen LogP contribution in [0.1, 0.15) is 17.8 Å². The highest BCUT2D eigenvalue weighted by molar-refractivity contribution is 7.18. The van der Waals surface area contributed by atoms with Crippen molar-refractivity contribution in [2.24, 2.45) is 0 Å². The van der Waals surface area contributed by atoms with Gasteiger partial charge in [-0.1, -0.05) is 0 Å². The first kappa shape index (κ1) is 11.6. The lowest BCUT2D eigenvalue weighted by Gasteiger charge is -2.15. The second-order valence-electron chi connectivity index (χ2n) is 4.20. The number of carbonyl (C=O) groups is 1. The van der Waals surface area contributed by atoms with Crippen molar-refractivity contribution in [2.75, 3.05) is 6.54 Å². The predicted octanol–water partition coefficient (Wildman–Crippen LogP) is 2.06. The third kappa shape index (κ3) is 2.21. The van der Waals surface area contributed by atoms with Gasteiger partial charge in [0, 0.05) is 13.0 Å². The molecule has 0 radical (unpaired) electrons. The molecule has 6 heteroatoms. The topological polar surface area (TPSA) is 45.2 Å². The van der Waals surface area contributed by atoms with E-state index in [0.717, 1.165) is 28.2 Å². The molecule has 0 spiro atoms. The quantitative estimate of drug-likeness (QED) is 0.924. The Morgan fingerprint density at radius 3 is 3.17 bits per heavy atom. The number of aromatic nitrogens is 1. The van der Waals surface area contributed by atoms with Gasteiger partial charge in [0.25, 0.3) is 0 Å². The van der Waals surface area contributed by atoms with Gasteiger partial charge >= 0.3 is 0 Å². The van der Waals surface area contributed by atoms with Gasteiger partial charge in [0.05, 0.1) is 16.8 Å². The van der Waals surface area contributed by atoms with E-state index < -0.39 is 0 Å². The third-order valence-corrected chi connectivity index (χ3v) is 3.91. The number of amides is 1. The molecule has 1 aromatic carbocycles. The van der Waals surface area contributed by atoms with Gasteiger partial charge < -0.3 is 0 Å². The molecule has 1 fully saturated rings. The predicted molar refractivity (Wildman–Crippen MR) is 67.4 cm³/mol. The molecule has 1 aliphatic heterocycles. The van der Waals surface area contributed by atoms with Crippen LogP contribution in [0.3, 0.4) is 0 Å². The normalized spacial score (nSPS) is 15.8. The maximum Gasteiger partial charge on any atom is 0.236 e. The maximum atomic E-state index is 13.0. The summed E-state index contributed by atoms with van der Waals surface area (Å²) in [5, 5.41) is 2.49. The summed E-state index contributed by atoms with van der Waals surface area (Å²) >= 11 is 1.44. The molecular formula is C12H12FN3OS. The first-order chi connectivity index (χ1) is 8.72. The van der Waals surface area contributed by atoms with Crippen LogP contribution in [-0.4, -0.2) is 22.4 Å². The monoisotopic (exact) mass is 265 g/mol. The lowest BCUT2D eigenvalue weighted by Crippen LogP contribution is -2.38. The molecule has 18 heavy (non-hydrogen) atoms. The zero-order valence-electron chi connectivity index (χ0n) is 9.65. The highest BCUT2D eigenvalue weighted by atomic mass is 32.1. The second-order valence-corrected chi connectivity index (χ2v) is 5.32. The van der Waals surface area contributed by atoms with E-state index in [2.05, 4.69) is 10.4 Å². The average molecular weight is 265 g/mol. The number of halogens is 1. The van der Waals surface area contributed by atoms with Gasteiger partial charge in [-0.15, -0.1) is 11.3 Å². The number of nitrogens with one attached hydrogen (secondary N) is 1. The minimum Gasteiger partial charge on any atom is -0.278 e. The number of carbonyl (C=O) groups excluding carboxylic acids is 1. The first-order valence-corrected chi connectivity index (χ1v) is 6.63. The summed E-state index contributed by atoms with van der Waals surface area (Å²) in [4.78, 5) is 15.8. The molecular weight excluding hydrogens is 253 g/mol. The smallest absolute Gasteiger partial charge is 0.236 e. The van der Waals surface area contributed by atoms with E-state index in [4.69, 9.17) is 0 Å². The first-order valence-electron chi connectivity index (χ1n) is 5.81. The van der Waals surface area contributed by atoms with E-state index in [-0.39, 0.29) is 11.7 Å². The summed E-state index contributed by atoms with van der Waals surface area (Å²) in [6.07, 6.45) is 1.51. The van der Waals surface area contributed by atoms with Gasteiger partial charge in [0.2, 0.25) is 5.91 Å². The van der Waals surface area contributed by atoms with Gasteiger partial charge in [-0.3, -0.25) is 9.80 Å². The Kier molecular flexibility index (Phi) is 2.97. The van der Waals surface area contributed by atoms with Crippen molar-refractivity contribution < 1.29 is 9.18 Å². The van der Waals surface area contributed by atoms with Crippen LogP contribution in [0.4, 0.5) is 4.39 Å². The van der Waals surface area contributed by atoms with E-state index in [1.165, 1.54) is 23.5 Å². The van der Waals surface area contributed by atoms with E-state index in [1.807, 2.05) is 0 Å². The summed E-state index contributed by atoms with van der Waals surface area (Å²) in [6, 6.07) is 4.56. The zero-order valence-corrected chi connectivity index (χ0v) is 10.5. The van der Waals surface area contributed by atoms with Crippen LogP contribution in [0.25, 0.3) is 10.2 Å². The molecule has 1 saturated heterocycles. The minimum absolute atomic E-state index is 0.127. The van der Waals surface area contributed by atoms with E-state index in [0.29, 0.717) is 13.0 Å². The summed E-state index contributed by atoms with van der Waals surface area (Å²) in [6.45, 7) is 1.26. The van der Waals surface area contributed by atoms with Crippen LogP contribution in [0.2, 0.25) is 0 Å². The lowest BCUT2D eigenvalue weighted by atomic mass is 10.3. The van der Waals surface area contributed by atoms with Gasteiger partial charge in [-0.05, 0) is 24.6 Å². The number of nitrogens with zero attached hydrogens (tertiary/aromatic N) is 2. The highest BCUT2D eigenvalue weighted by Gasteiger charge is 2.19. The van der Waals surface area contributed by atoms with Crippen LogP contribution < -0.4 is 5.43 Å². The summed E-state index contributed by atoms with van der Waals surface area (Å²) < 4.78 is 13.9. The molecule has 1 aliphatic rings. The molecule has 1 N–H and O–H groups in total. The molecule has 4 nitrogen and oxygen atoms in total. The Bertz CT molecular complexity index is 598. The van der Waals surface area contributed by atoms with Crippen LogP contribution in [0.5, 0.6) is 0 Å². The van der Waals surface area contributed by atoms with E-state index in [9.17, 15) is 9.18 Å². The van der Waals surface area contributed by atoms with Crippen LogP contribution in [0, 0.1) is 5.82 Å². The molecule has 1 aromatic heterocycles. The van der Waals surface area contributed by atoms with E-state index in [1.54, 1.807) is 11.1 Å². The average Bonchev–Trinajstić information content (AvgIpc) is 2.92.